The summed E-state index contributed by atoms with van der Waals surface area (Å²) in [5.74, 6) is 0.0233. The normalized spacial score (nSPS) is 20.3. The molecule has 2 aromatic rings. The zero-order valence-corrected chi connectivity index (χ0v) is 21.1. The van der Waals surface area contributed by atoms with E-state index in [-0.39, 0.29) is 29.3 Å². The molecular formula is C23H34N4O5S. The van der Waals surface area contributed by atoms with E-state index in [4.69, 9.17) is 4.74 Å². The first kappa shape index (κ1) is 25.2. The van der Waals surface area contributed by atoms with Crippen LogP contribution < -0.4 is 0 Å². The number of rotatable bonds is 7. The van der Waals surface area contributed by atoms with Crippen molar-refractivity contribution in [2.75, 3.05) is 14.1 Å². The van der Waals surface area contributed by atoms with Crippen LogP contribution in [0.25, 0.3) is 11.0 Å². The summed E-state index contributed by atoms with van der Waals surface area (Å²) in [6.45, 7) is 5.68. The van der Waals surface area contributed by atoms with Gasteiger partial charge in [0.1, 0.15) is 5.82 Å². The number of amides is 1. The van der Waals surface area contributed by atoms with Gasteiger partial charge in [-0.1, -0.05) is 0 Å². The maximum absolute atomic E-state index is 12.8. The molecule has 1 saturated heterocycles. The molecule has 0 aliphatic carbocycles. The molecule has 182 valence electrons. The van der Waals surface area contributed by atoms with Crippen LogP contribution in [0, 0.1) is 0 Å². The Morgan fingerprint density at radius 1 is 1.21 bits per heavy atom. The van der Waals surface area contributed by atoms with Crippen molar-refractivity contribution in [3.05, 3.63) is 24.0 Å². The highest BCUT2D eigenvalue weighted by Crippen LogP contribution is 2.24. The topological polar surface area (TPSA) is 102 Å². The number of benzene rings is 1. The predicted octanol–water partition coefficient (Wildman–Crippen LogP) is 2.48. The van der Waals surface area contributed by atoms with Gasteiger partial charge in [-0.3, -0.25) is 9.59 Å². The Kier molecular flexibility index (Phi) is 7.48. The van der Waals surface area contributed by atoms with Crippen LogP contribution in [0.5, 0.6) is 0 Å². The van der Waals surface area contributed by atoms with Gasteiger partial charge in [-0.05, 0) is 58.2 Å². The van der Waals surface area contributed by atoms with Crippen molar-refractivity contribution in [2.24, 2.45) is 7.05 Å². The van der Waals surface area contributed by atoms with Crippen LogP contribution in [0.2, 0.25) is 0 Å². The van der Waals surface area contributed by atoms with Crippen LogP contribution in [0.15, 0.2) is 23.1 Å². The van der Waals surface area contributed by atoms with Gasteiger partial charge in [0.25, 0.3) is 5.91 Å². The van der Waals surface area contributed by atoms with Gasteiger partial charge in [0.15, 0.2) is 6.10 Å². The molecule has 1 aromatic carbocycles. The fourth-order valence-corrected chi connectivity index (χ4v) is 5.33. The fraction of sp³-hybridized carbons (Fsp3) is 0.609. The lowest BCUT2D eigenvalue weighted by molar-refractivity contribution is -0.162. The number of ether oxygens (including phenoxy) is 1. The van der Waals surface area contributed by atoms with E-state index in [0.717, 1.165) is 29.1 Å². The van der Waals surface area contributed by atoms with Crippen LogP contribution in [-0.2, 0) is 37.8 Å². The number of sulfonamides is 1. The van der Waals surface area contributed by atoms with Crippen molar-refractivity contribution >= 4 is 32.9 Å². The van der Waals surface area contributed by atoms with Crippen molar-refractivity contribution in [2.45, 2.75) is 76.0 Å². The van der Waals surface area contributed by atoms with Crippen molar-refractivity contribution in [3.8, 4) is 0 Å². The molecule has 3 rings (SSSR count). The largest absolute Gasteiger partial charge is 0.453 e. The Labute approximate surface area is 195 Å². The van der Waals surface area contributed by atoms with Gasteiger partial charge in [-0.15, -0.1) is 0 Å². The van der Waals surface area contributed by atoms with E-state index in [1.807, 2.05) is 30.4 Å². The van der Waals surface area contributed by atoms with Gasteiger partial charge >= 0.3 is 5.97 Å². The number of fused-ring (bicyclic) bond motifs is 1. The summed E-state index contributed by atoms with van der Waals surface area (Å²) in [4.78, 5) is 31.8. The Bertz CT molecular complexity index is 1130. The number of likely N-dealkylation sites (tertiary alicyclic amines) is 1. The molecule has 0 bridgehead atoms. The highest BCUT2D eigenvalue weighted by Gasteiger charge is 2.33. The predicted molar refractivity (Wildman–Crippen MR) is 125 cm³/mol. The Hall–Kier alpha value is -2.46. The lowest BCUT2D eigenvalue weighted by Gasteiger charge is -2.40. The number of carbonyl (C=O) groups is 2. The molecule has 2 heterocycles. The fourth-order valence-electron chi connectivity index (χ4n) is 4.41. The van der Waals surface area contributed by atoms with Crippen LogP contribution in [-0.4, -0.2) is 71.3 Å². The molecule has 9 nitrogen and oxygen atoms in total. The first-order valence-electron chi connectivity index (χ1n) is 11.3. The van der Waals surface area contributed by atoms with Gasteiger partial charge in [0.05, 0.1) is 22.3 Å². The number of aromatic nitrogens is 2. The molecule has 3 atom stereocenters. The lowest BCUT2D eigenvalue weighted by Crippen LogP contribution is -2.51. The smallest absolute Gasteiger partial charge is 0.307 e. The van der Waals surface area contributed by atoms with Crippen LogP contribution >= 0.6 is 0 Å². The van der Waals surface area contributed by atoms with Crippen molar-refractivity contribution < 1.29 is 22.7 Å². The number of aryl methyl sites for hydroxylation is 2. The third kappa shape index (κ3) is 5.22. The minimum absolute atomic E-state index is 0.0722. The Morgan fingerprint density at radius 2 is 1.85 bits per heavy atom. The number of imidazole rings is 1. The summed E-state index contributed by atoms with van der Waals surface area (Å²) in [6, 6.07) is 5.08. The molecule has 0 spiro atoms. The van der Waals surface area contributed by atoms with E-state index in [1.165, 1.54) is 20.2 Å². The number of carbonyl (C=O) groups excluding carboxylic acids is 2. The average Bonchev–Trinajstić information content (AvgIpc) is 3.06. The van der Waals surface area contributed by atoms with Gasteiger partial charge in [-0.25, -0.2) is 17.7 Å². The molecule has 1 aromatic heterocycles. The Balaban J connectivity index is 1.65. The van der Waals surface area contributed by atoms with Crippen molar-refractivity contribution in [3.63, 3.8) is 0 Å². The molecule has 1 amide bonds. The Morgan fingerprint density at radius 3 is 2.45 bits per heavy atom. The third-order valence-electron chi connectivity index (χ3n) is 6.38. The molecule has 33 heavy (non-hydrogen) atoms. The van der Waals surface area contributed by atoms with Crippen LogP contribution in [0.1, 0.15) is 52.3 Å². The number of hydrogen-bond acceptors (Lipinski definition) is 6. The maximum Gasteiger partial charge on any atom is 0.307 e. The second-order valence-electron chi connectivity index (χ2n) is 9.03. The van der Waals surface area contributed by atoms with Crippen molar-refractivity contribution in [1.29, 1.82) is 0 Å². The molecular weight excluding hydrogens is 444 g/mol. The van der Waals surface area contributed by atoms with Gasteiger partial charge < -0.3 is 14.2 Å². The van der Waals surface area contributed by atoms with E-state index in [2.05, 4.69) is 4.98 Å². The molecule has 1 aliphatic rings. The summed E-state index contributed by atoms with van der Waals surface area (Å²) in [7, 11) is 1.22. The molecule has 1 fully saturated rings. The van der Waals surface area contributed by atoms with E-state index in [9.17, 15) is 18.0 Å². The molecule has 0 N–H and O–H groups in total. The minimum Gasteiger partial charge on any atom is -0.453 e. The second kappa shape index (κ2) is 9.80. The van der Waals surface area contributed by atoms with E-state index in [0.29, 0.717) is 17.8 Å². The van der Waals surface area contributed by atoms with E-state index < -0.39 is 22.1 Å². The molecule has 0 radical (unpaired) electrons. The number of piperidine rings is 1. The number of esters is 1. The molecule has 1 aliphatic heterocycles. The van der Waals surface area contributed by atoms with Crippen molar-refractivity contribution in [1.82, 2.24) is 18.8 Å². The summed E-state index contributed by atoms with van der Waals surface area (Å²) < 4.78 is 33.2. The molecule has 10 heteroatoms. The average molecular weight is 479 g/mol. The zero-order valence-electron chi connectivity index (χ0n) is 20.2. The van der Waals surface area contributed by atoms with Crippen LogP contribution in [0.3, 0.4) is 0 Å². The molecule has 0 unspecified atom stereocenters. The van der Waals surface area contributed by atoms with Gasteiger partial charge in [-0.2, -0.15) is 0 Å². The highest BCUT2D eigenvalue weighted by molar-refractivity contribution is 7.89. The van der Waals surface area contributed by atoms with E-state index in [1.54, 1.807) is 19.1 Å². The SMILES string of the molecule is C[C@@H](OC(=O)CCc1nc2cc(S(=O)(=O)N(C)C)ccc2n1C)C(=O)N1[C@@H](C)CCC[C@@H]1C. The minimum atomic E-state index is -3.56. The lowest BCUT2D eigenvalue weighted by atomic mass is 9.97. The second-order valence-corrected chi connectivity index (χ2v) is 11.2. The monoisotopic (exact) mass is 478 g/mol. The number of nitrogens with zero attached hydrogens (tertiary/aromatic N) is 4. The standard InChI is InChI=1S/C23H34N4O5S/c1-15-8-7-9-16(2)27(15)23(29)17(3)32-22(28)13-12-21-24-19-14-18(33(30,31)25(4)5)10-11-20(19)26(21)6/h10-11,14-17H,7-9,12-13H2,1-6H3/t15-,16-,17+/m0/s1. The first-order valence-corrected chi connectivity index (χ1v) is 12.8. The third-order valence-corrected chi connectivity index (χ3v) is 8.19. The highest BCUT2D eigenvalue weighted by atomic mass is 32.2. The van der Waals surface area contributed by atoms with Gasteiger partial charge in [0, 0.05) is 39.6 Å². The van der Waals surface area contributed by atoms with Gasteiger partial charge in [0.2, 0.25) is 10.0 Å². The number of hydrogen-bond donors (Lipinski definition) is 0. The molecule has 0 saturated carbocycles. The maximum atomic E-state index is 12.8. The van der Waals surface area contributed by atoms with E-state index >= 15 is 0 Å². The summed E-state index contributed by atoms with van der Waals surface area (Å²) in [6.07, 6.45) is 2.57. The summed E-state index contributed by atoms with van der Waals surface area (Å²) in [5, 5.41) is 0. The van der Waals surface area contributed by atoms with Crippen LogP contribution in [0.4, 0.5) is 0 Å². The summed E-state index contributed by atoms with van der Waals surface area (Å²) >= 11 is 0. The quantitative estimate of drug-likeness (QED) is 0.567. The summed E-state index contributed by atoms with van der Waals surface area (Å²) in [5.41, 5.74) is 1.31. The first-order chi connectivity index (χ1) is 15.4. The zero-order chi connectivity index (χ0) is 24.5.